The standard InChI is InChI=1S/C25H37N3O5S/c1-18-15-28(19(2)17-29)34(31,32)24-11-10-20(7-6-12-26(3)4)13-22(24)33-23(18)16-27(5)25(30)14-21-8-9-21/h10-11,13,18-19,21,23,29H,8-9,12,14-17H2,1-5H3/t18-,19+,23-/m1/s1. The zero-order valence-corrected chi connectivity index (χ0v) is 21.6. The fourth-order valence-electron chi connectivity index (χ4n) is 3.92. The van der Waals surface area contributed by atoms with Crippen LogP contribution in [0.25, 0.3) is 0 Å². The highest BCUT2D eigenvalue weighted by molar-refractivity contribution is 7.89. The van der Waals surface area contributed by atoms with Gasteiger partial charge in [0.05, 0.1) is 19.7 Å². The van der Waals surface area contributed by atoms with Crippen molar-refractivity contribution in [1.82, 2.24) is 14.1 Å². The molecule has 1 heterocycles. The van der Waals surface area contributed by atoms with Crippen molar-refractivity contribution in [3.05, 3.63) is 23.8 Å². The van der Waals surface area contributed by atoms with Crippen molar-refractivity contribution in [3.8, 4) is 17.6 Å². The van der Waals surface area contributed by atoms with Gasteiger partial charge >= 0.3 is 0 Å². The molecule has 0 spiro atoms. The molecule has 1 saturated carbocycles. The molecule has 0 aromatic heterocycles. The molecule has 3 rings (SSSR count). The first-order chi connectivity index (χ1) is 16.0. The van der Waals surface area contributed by atoms with E-state index in [0.29, 0.717) is 31.0 Å². The largest absolute Gasteiger partial charge is 0.487 e. The van der Waals surface area contributed by atoms with Crippen molar-refractivity contribution in [2.45, 2.75) is 50.2 Å². The van der Waals surface area contributed by atoms with Crippen LogP contribution in [-0.4, -0.2) is 93.1 Å². The van der Waals surface area contributed by atoms with Crippen molar-refractivity contribution >= 4 is 15.9 Å². The molecular weight excluding hydrogens is 454 g/mol. The van der Waals surface area contributed by atoms with Gasteiger partial charge in [-0.3, -0.25) is 9.69 Å². The quantitative estimate of drug-likeness (QED) is 0.583. The molecule has 34 heavy (non-hydrogen) atoms. The smallest absolute Gasteiger partial charge is 0.247 e. The lowest BCUT2D eigenvalue weighted by Crippen LogP contribution is -2.50. The number of hydrogen-bond acceptors (Lipinski definition) is 6. The highest BCUT2D eigenvalue weighted by atomic mass is 32.2. The molecule has 2 aliphatic rings. The minimum Gasteiger partial charge on any atom is -0.487 e. The molecule has 0 unspecified atom stereocenters. The fourth-order valence-corrected chi connectivity index (χ4v) is 5.74. The zero-order chi connectivity index (χ0) is 25.0. The van der Waals surface area contributed by atoms with Gasteiger partial charge in [-0.1, -0.05) is 18.8 Å². The first kappa shape index (κ1) is 26.5. The normalized spacial score (nSPS) is 23.0. The Hall–Kier alpha value is -2.12. The van der Waals surface area contributed by atoms with Gasteiger partial charge in [0, 0.05) is 37.5 Å². The monoisotopic (exact) mass is 491 g/mol. The van der Waals surface area contributed by atoms with Crippen LogP contribution >= 0.6 is 0 Å². The highest BCUT2D eigenvalue weighted by Gasteiger charge is 2.38. The molecule has 1 amide bonds. The molecule has 1 aliphatic heterocycles. The number of aliphatic hydroxyl groups excluding tert-OH is 1. The minimum atomic E-state index is -3.90. The SMILES string of the molecule is C[C@@H]1CN([C@@H](C)CO)S(=O)(=O)c2ccc(C#CCN(C)C)cc2O[C@@H]1CN(C)C(=O)CC1CC1. The molecule has 188 valence electrons. The second kappa shape index (κ2) is 11.1. The Kier molecular flexibility index (Phi) is 8.63. The zero-order valence-electron chi connectivity index (χ0n) is 20.8. The summed E-state index contributed by atoms with van der Waals surface area (Å²) in [4.78, 5) is 16.3. The van der Waals surface area contributed by atoms with Crippen molar-refractivity contribution in [2.24, 2.45) is 11.8 Å². The summed E-state index contributed by atoms with van der Waals surface area (Å²) in [5, 5.41) is 9.76. The van der Waals surface area contributed by atoms with E-state index >= 15 is 0 Å². The number of hydrogen-bond donors (Lipinski definition) is 1. The molecule has 9 heteroatoms. The lowest BCUT2D eigenvalue weighted by molar-refractivity contribution is -0.131. The van der Waals surface area contributed by atoms with Gasteiger partial charge in [0.15, 0.2) is 0 Å². The Morgan fingerprint density at radius 2 is 2.00 bits per heavy atom. The van der Waals surface area contributed by atoms with Gasteiger partial charge < -0.3 is 14.7 Å². The Morgan fingerprint density at radius 1 is 1.29 bits per heavy atom. The summed E-state index contributed by atoms with van der Waals surface area (Å²) < 4.78 is 34.7. The number of ether oxygens (including phenoxy) is 1. The van der Waals surface area contributed by atoms with Crippen LogP contribution in [0.15, 0.2) is 23.1 Å². The Balaban J connectivity index is 1.97. The molecule has 1 aromatic rings. The van der Waals surface area contributed by atoms with Gasteiger partial charge in [-0.25, -0.2) is 8.42 Å². The van der Waals surface area contributed by atoms with Crippen LogP contribution in [0.1, 0.15) is 38.7 Å². The molecule has 0 saturated heterocycles. The van der Waals surface area contributed by atoms with Gasteiger partial charge in [0.2, 0.25) is 15.9 Å². The van der Waals surface area contributed by atoms with Gasteiger partial charge in [-0.15, -0.1) is 0 Å². The summed E-state index contributed by atoms with van der Waals surface area (Å²) in [6.07, 6.45) is 2.34. The predicted octanol–water partition coefficient (Wildman–Crippen LogP) is 1.63. The van der Waals surface area contributed by atoms with Crippen molar-refractivity contribution in [1.29, 1.82) is 0 Å². The van der Waals surface area contributed by atoms with E-state index in [-0.39, 0.29) is 35.6 Å². The van der Waals surface area contributed by atoms with Gasteiger partial charge in [-0.05, 0) is 58.0 Å². The number of fused-ring (bicyclic) bond motifs is 1. The van der Waals surface area contributed by atoms with Crippen molar-refractivity contribution < 1.29 is 23.1 Å². The number of nitrogens with zero attached hydrogens (tertiary/aromatic N) is 3. The third kappa shape index (κ3) is 6.51. The van der Waals surface area contributed by atoms with Gasteiger partial charge in [0.25, 0.3) is 0 Å². The lowest BCUT2D eigenvalue weighted by atomic mass is 10.0. The van der Waals surface area contributed by atoms with Crippen molar-refractivity contribution in [3.63, 3.8) is 0 Å². The van der Waals surface area contributed by atoms with E-state index < -0.39 is 22.2 Å². The number of rotatable bonds is 7. The molecular formula is C25H37N3O5S. The summed E-state index contributed by atoms with van der Waals surface area (Å²) in [5.41, 5.74) is 0.655. The number of carbonyl (C=O) groups is 1. The molecule has 1 N–H and O–H groups in total. The lowest BCUT2D eigenvalue weighted by Gasteiger charge is -2.37. The van der Waals surface area contributed by atoms with E-state index in [2.05, 4.69) is 11.8 Å². The predicted molar refractivity (Wildman–Crippen MR) is 131 cm³/mol. The van der Waals surface area contributed by atoms with Crippen LogP contribution in [0.2, 0.25) is 0 Å². The van der Waals surface area contributed by atoms with E-state index in [1.165, 1.54) is 10.4 Å². The molecule has 3 atom stereocenters. The van der Waals surface area contributed by atoms with Crippen LogP contribution in [0.4, 0.5) is 0 Å². The third-order valence-electron chi connectivity index (χ3n) is 6.33. The Morgan fingerprint density at radius 3 is 2.62 bits per heavy atom. The van der Waals surface area contributed by atoms with E-state index in [9.17, 15) is 18.3 Å². The maximum Gasteiger partial charge on any atom is 0.247 e. The number of amides is 1. The first-order valence-electron chi connectivity index (χ1n) is 11.8. The summed E-state index contributed by atoms with van der Waals surface area (Å²) in [6.45, 7) is 4.43. The van der Waals surface area contributed by atoms with Gasteiger partial charge in [0.1, 0.15) is 16.7 Å². The maximum atomic E-state index is 13.5. The van der Waals surface area contributed by atoms with Crippen LogP contribution < -0.4 is 4.74 Å². The maximum absolute atomic E-state index is 13.5. The van der Waals surface area contributed by atoms with E-state index in [0.717, 1.165) is 12.8 Å². The van der Waals surface area contributed by atoms with Crippen molar-refractivity contribution in [2.75, 3.05) is 47.4 Å². The van der Waals surface area contributed by atoms with E-state index in [1.54, 1.807) is 31.0 Å². The topological polar surface area (TPSA) is 90.4 Å². The highest BCUT2D eigenvalue weighted by Crippen LogP contribution is 2.35. The number of sulfonamides is 1. The summed E-state index contributed by atoms with van der Waals surface area (Å²) in [6, 6.07) is 4.27. The summed E-state index contributed by atoms with van der Waals surface area (Å²) in [7, 11) is 1.72. The molecule has 0 bridgehead atoms. The van der Waals surface area contributed by atoms with Crippen LogP contribution in [-0.2, 0) is 14.8 Å². The number of aliphatic hydroxyl groups is 1. The second-order valence-corrected chi connectivity index (χ2v) is 11.7. The molecule has 8 nitrogen and oxygen atoms in total. The first-order valence-corrected chi connectivity index (χ1v) is 13.3. The average molecular weight is 492 g/mol. The van der Waals surface area contributed by atoms with Crippen LogP contribution in [0, 0.1) is 23.7 Å². The number of likely N-dealkylation sites (N-methyl/N-ethyl adjacent to an activating group) is 1. The molecule has 0 radical (unpaired) electrons. The van der Waals surface area contributed by atoms with Gasteiger partial charge in [-0.2, -0.15) is 4.31 Å². The van der Waals surface area contributed by atoms with Crippen LogP contribution in [0.3, 0.4) is 0 Å². The summed E-state index contributed by atoms with van der Waals surface area (Å²) in [5.74, 6) is 6.71. The van der Waals surface area contributed by atoms with E-state index in [4.69, 9.17) is 4.74 Å². The number of carbonyl (C=O) groups excluding carboxylic acids is 1. The molecule has 1 aliphatic carbocycles. The average Bonchev–Trinajstić information content (AvgIpc) is 3.59. The molecule has 1 fully saturated rings. The molecule has 1 aromatic carbocycles. The summed E-state index contributed by atoms with van der Waals surface area (Å²) >= 11 is 0. The minimum absolute atomic E-state index is 0.0508. The third-order valence-corrected chi connectivity index (χ3v) is 8.35. The van der Waals surface area contributed by atoms with E-state index in [1.807, 2.05) is 25.9 Å². The fraction of sp³-hybridized carbons (Fsp3) is 0.640. The number of benzene rings is 1. The van der Waals surface area contributed by atoms with Crippen LogP contribution in [0.5, 0.6) is 5.75 Å². The Labute approximate surface area is 203 Å². The second-order valence-electron chi connectivity index (χ2n) is 9.86. The Bertz CT molecular complexity index is 1040.